The number of rotatable bonds is 8. The zero-order valence-corrected chi connectivity index (χ0v) is 33.9. The molecule has 0 unspecified atom stereocenters. The summed E-state index contributed by atoms with van der Waals surface area (Å²) >= 11 is 0. The number of allylic oxidation sites excluding steroid dienone is 1. The molecular formula is C42H62O17. The van der Waals surface area contributed by atoms with E-state index in [1.807, 2.05) is 6.07 Å². The molecular weight excluding hydrogens is 776 g/mol. The van der Waals surface area contributed by atoms with Crippen LogP contribution in [0.5, 0.6) is 0 Å². The van der Waals surface area contributed by atoms with Crippen LogP contribution in [0.25, 0.3) is 0 Å². The van der Waals surface area contributed by atoms with E-state index >= 15 is 0 Å². The highest BCUT2D eigenvalue weighted by Gasteiger charge is 2.67. The minimum atomic E-state index is -1.78. The number of aliphatic hydroxyl groups excluding tert-OH is 8. The molecule has 0 bridgehead atoms. The lowest BCUT2D eigenvalue weighted by atomic mass is 9.45. The van der Waals surface area contributed by atoms with E-state index < -0.39 is 116 Å². The van der Waals surface area contributed by atoms with Gasteiger partial charge in [-0.15, -0.1) is 0 Å². The van der Waals surface area contributed by atoms with E-state index in [2.05, 4.69) is 19.9 Å². The largest absolute Gasteiger partial charge is 0.431 e. The molecule has 0 aromatic carbocycles. The van der Waals surface area contributed by atoms with Gasteiger partial charge in [0.25, 0.3) is 0 Å². The Morgan fingerprint density at radius 3 is 2.05 bits per heavy atom. The van der Waals surface area contributed by atoms with Crippen LogP contribution in [0.3, 0.4) is 0 Å². The van der Waals surface area contributed by atoms with Gasteiger partial charge in [-0.05, 0) is 100 Å². The van der Waals surface area contributed by atoms with E-state index in [0.29, 0.717) is 12.8 Å². The molecule has 0 amide bonds. The average Bonchev–Trinajstić information content (AvgIpc) is 3.50. The van der Waals surface area contributed by atoms with Crippen molar-refractivity contribution in [3.05, 3.63) is 46.0 Å². The summed E-state index contributed by atoms with van der Waals surface area (Å²) in [6.07, 6.45) is -12.6. The predicted molar refractivity (Wildman–Crippen MR) is 202 cm³/mol. The molecule has 7 aliphatic rings. The van der Waals surface area contributed by atoms with Crippen molar-refractivity contribution in [2.24, 2.45) is 22.7 Å². The van der Waals surface area contributed by atoms with Crippen LogP contribution in [0.1, 0.15) is 90.5 Å². The fourth-order valence-corrected chi connectivity index (χ4v) is 12.1. The van der Waals surface area contributed by atoms with Crippen LogP contribution in [0.15, 0.2) is 39.3 Å². The first-order valence-electron chi connectivity index (χ1n) is 21.2. The highest BCUT2D eigenvalue weighted by atomic mass is 16.8. The molecule has 3 aliphatic heterocycles. The summed E-state index contributed by atoms with van der Waals surface area (Å²) < 4.78 is 41.5. The maximum Gasteiger partial charge on any atom is 0.335 e. The molecule has 4 aliphatic carbocycles. The smallest absolute Gasteiger partial charge is 0.335 e. The van der Waals surface area contributed by atoms with Crippen molar-refractivity contribution in [3.63, 3.8) is 0 Å². The van der Waals surface area contributed by atoms with Crippen LogP contribution in [-0.4, -0.2) is 156 Å². The third-order valence-corrected chi connectivity index (χ3v) is 15.7. The van der Waals surface area contributed by atoms with Crippen molar-refractivity contribution < 1.29 is 78.8 Å². The molecule has 0 radical (unpaired) electrons. The van der Waals surface area contributed by atoms with Gasteiger partial charge in [-0.25, -0.2) is 4.79 Å². The van der Waals surface area contributed by atoms with Crippen LogP contribution in [0, 0.1) is 22.7 Å². The molecule has 17 nitrogen and oxygen atoms in total. The second-order valence-electron chi connectivity index (χ2n) is 18.7. The molecule has 332 valence electrons. The van der Waals surface area contributed by atoms with Gasteiger partial charge in [-0.2, -0.15) is 0 Å². The summed E-state index contributed by atoms with van der Waals surface area (Å²) in [4.78, 5) is 11.7. The molecule has 17 heteroatoms. The van der Waals surface area contributed by atoms with Crippen molar-refractivity contribution in [2.45, 2.75) is 189 Å². The molecule has 4 heterocycles. The van der Waals surface area contributed by atoms with Crippen molar-refractivity contribution in [2.75, 3.05) is 6.61 Å². The van der Waals surface area contributed by atoms with Crippen molar-refractivity contribution in [3.8, 4) is 0 Å². The molecule has 3 saturated heterocycles. The van der Waals surface area contributed by atoms with Crippen LogP contribution < -0.4 is 5.63 Å². The summed E-state index contributed by atoms with van der Waals surface area (Å²) in [6, 6.07) is 3.29. The predicted octanol–water partition coefficient (Wildman–Crippen LogP) is -0.310. The van der Waals surface area contributed by atoms with Crippen molar-refractivity contribution in [1.29, 1.82) is 0 Å². The Balaban J connectivity index is 0.998. The fourth-order valence-electron chi connectivity index (χ4n) is 12.1. The quantitative estimate of drug-likeness (QED) is 0.152. The maximum absolute atomic E-state index is 12.7. The Morgan fingerprint density at radius 2 is 1.36 bits per heavy atom. The number of hydrogen-bond donors (Lipinski definition) is 9. The second kappa shape index (κ2) is 16.3. The second-order valence-corrected chi connectivity index (χ2v) is 18.7. The Kier molecular flexibility index (Phi) is 12.1. The summed E-state index contributed by atoms with van der Waals surface area (Å²) in [6.45, 7) is 6.87. The van der Waals surface area contributed by atoms with Crippen LogP contribution >= 0.6 is 0 Å². The van der Waals surface area contributed by atoms with Crippen molar-refractivity contribution in [1.82, 2.24) is 0 Å². The van der Waals surface area contributed by atoms with Crippen LogP contribution in [-0.2, 0) is 28.4 Å². The van der Waals surface area contributed by atoms with Gasteiger partial charge in [0, 0.05) is 11.5 Å². The normalized spacial score (nSPS) is 52.6. The molecule has 1 aromatic rings. The molecule has 0 spiro atoms. The van der Waals surface area contributed by atoms with Crippen LogP contribution in [0.2, 0.25) is 0 Å². The number of fused-ring (bicyclic) bond motifs is 5. The number of hydrogen-bond acceptors (Lipinski definition) is 17. The Bertz CT molecular complexity index is 1720. The molecule has 9 N–H and O–H groups in total. The molecule has 59 heavy (non-hydrogen) atoms. The Labute approximate surface area is 342 Å². The average molecular weight is 839 g/mol. The van der Waals surface area contributed by atoms with Gasteiger partial charge in [0.2, 0.25) is 0 Å². The van der Waals surface area contributed by atoms with Gasteiger partial charge in [-0.1, -0.05) is 25.5 Å². The van der Waals surface area contributed by atoms with E-state index in [4.69, 9.17) is 32.8 Å². The third-order valence-electron chi connectivity index (χ3n) is 15.7. The van der Waals surface area contributed by atoms with E-state index in [9.17, 15) is 50.8 Å². The highest BCUT2D eigenvalue weighted by molar-refractivity contribution is 5.31. The monoisotopic (exact) mass is 838 g/mol. The van der Waals surface area contributed by atoms with Gasteiger partial charge in [-0.3, -0.25) is 0 Å². The first kappa shape index (κ1) is 43.7. The zero-order valence-electron chi connectivity index (χ0n) is 33.9. The van der Waals surface area contributed by atoms with E-state index in [-0.39, 0.29) is 28.6 Å². The lowest BCUT2D eigenvalue weighted by Gasteiger charge is -2.62. The molecule has 22 atom stereocenters. The SMILES string of the molecule is C[C@@H]1O[C@@H](O[C@H]2C=C3CC[C@@H]4[C@H](CC[C@@]5(C)[C@@H](c6ccc(=O)oc6)CC[C@]45O)[C@@]3(C)CC2)[C@H](O)[C@H](O[C@@H]2O[C@H](C)[C@@H](O)[C@@H](O)[C@H]2O)[C@@H]1O[C@@H]1O[C@@H](CO)[C@H](O)[C@H](O)[C@H]1O. The highest BCUT2D eigenvalue weighted by Crippen LogP contribution is 2.70. The van der Waals surface area contributed by atoms with E-state index in [1.165, 1.54) is 18.6 Å². The molecule has 1 aromatic heterocycles. The van der Waals surface area contributed by atoms with E-state index in [0.717, 1.165) is 44.1 Å². The van der Waals surface area contributed by atoms with E-state index in [1.54, 1.807) is 13.2 Å². The number of aliphatic hydroxyl groups is 9. The van der Waals surface area contributed by atoms with Gasteiger partial charge in [0.1, 0.15) is 61.0 Å². The van der Waals surface area contributed by atoms with Gasteiger partial charge in [0.05, 0.1) is 36.8 Å². The first-order chi connectivity index (χ1) is 27.9. The van der Waals surface area contributed by atoms with Gasteiger partial charge in [0.15, 0.2) is 18.9 Å². The number of ether oxygens (including phenoxy) is 6. The summed E-state index contributed by atoms with van der Waals surface area (Å²) in [5.41, 5.74) is 0.364. The third kappa shape index (κ3) is 7.28. The summed E-state index contributed by atoms with van der Waals surface area (Å²) in [7, 11) is 0. The van der Waals surface area contributed by atoms with Gasteiger partial charge < -0.3 is 78.8 Å². The minimum Gasteiger partial charge on any atom is -0.431 e. The molecule has 6 fully saturated rings. The first-order valence-corrected chi connectivity index (χ1v) is 21.2. The maximum atomic E-state index is 12.7. The Morgan fingerprint density at radius 1 is 0.695 bits per heavy atom. The van der Waals surface area contributed by atoms with Gasteiger partial charge >= 0.3 is 5.63 Å². The fraction of sp³-hybridized carbons (Fsp3) is 0.833. The standard InChI is InChI=1S/C42H62O17/c1-18-28(45)30(47)32(49)37(54-18)59-36-34(51)39(55-19(2)35(36)58-38-33(50)31(48)29(46)26(16-43)57-38)56-22-9-12-40(3)21(15-22)6-7-25-24(40)10-13-41(4)23(11-14-42(25,41)52)20-5-8-27(44)53-17-20/h5,8,15,17-19,22-26,28-39,43,45-52H,6-7,9-14,16H2,1-4H3/t18-,19+,22-,23-,24+,25-,26+,28-,29+,30-,31+,32-,33-,34-,35-,36+,37+,38+,39+,40+,41+,42+/m1/s1. The van der Waals surface area contributed by atoms with Crippen LogP contribution in [0.4, 0.5) is 0 Å². The summed E-state index contributed by atoms with van der Waals surface area (Å²) in [5.74, 6) is 0.407. The topological polar surface area (TPSA) is 268 Å². The molecule has 3 saturated carbocycles. The summed E-state index contributed by atoms with van der Waals surface area (Å²) in [5, 5.41) is 97.6. The lowest BCUT2D eigenvalue weighted by Crippen LogP contribution is -2.66. The van der Waals surface area contributed by atoms with Crippen molar-refractivity contribution >= 4 is 0 Å². The zero-order chi connectivity index (χ0) is 42.3. The molecule has 8 rings (SSSR count). The Hall–Kier alpha value is -1.91. The lowest BCUT2D eigenvalue weighted by molar-refractivity contribution is -0.384. The minimum absolute atomic E-state index is 0.0824.